The van der Waals surface area contributed by atoms with Crippen molar-refractivity contribution in [3.05, 3.63) is 36.2 Å². The smallest absolute Gasteiger partial charge is 0.257 e. The van der Waals surface area contributed by atoms with Gasteiger partial charge in [-0.15, -0.1) is 0 Å². The van der Waals surface area contributed by atoms with Crippen molar-refractivity contribution in [3.8, 4) is 11.5 Å². The first-order valence-electron chi connectivity index (χ1n) is 7.64. The van der Waals surface area contributed by atoms with Crippen LogP contribution in [0.15, 0.2) is 34.9 Å². The lowest BCUT2D eigenvalue weighted by atomic mass is 9.87. The molecule has 0 bridgehead atoms. The van der Waals surface area contributed by atoms with E-state index in [1.165, 1.54) is 12.8 Å². The molecule has 1 N–H and O–H groups in total. The van der Waals surface area contributed by atoms with Gasteiger partial charge in [0.2, 0.25) is 0 Å². The third kappa shape index (κ3) is 2.59. The molecule has 21 heavy (non-hydrogen) atoms. The van der Waals surface area contributed by atoms with Gasteiger partial charge in [0.15, 0.2) is 5.82 Å². The zero-order valence-corrected chi connectivity index (χ0v) is 12.1. The van der Waals surface area contributed by atoms with Gasteiger partial charge in [-0.2, -0.15) is 4.98 Å². The van der Waals surface area contributed by atoms with Crippen LogP contribution < -0.4 is 5.32 Å². The molecule has 1 atom stereocenters. The Bertz CT molecular complexity index is 604. The molecule has 0 saturated carbocycles. The van der Waals surface area contributed by atoms with Crippen LogP contribution in [0.2, 0.25) is 0 Å². The molecule has 4 rings (SSSR count). The quantitative estimate of drug-likeness (QED) is 0.933. The average Bonchev–Trinajstić information content (AvgIpc) is 3.24. The molecule has 1 spiro atoms. The van der Waals surface area contributed by atoms with Crippen molar-refractivity contribution in [3.63, 3.8) is 0 Å². The van der Waals surface area contributed by atoms with Crippen LogP contribution in [0.5, 0.6) is 0 Å². The summed E-state index contributed by atoms with van der Waals surface area (Å²) in [5.74, 6) is 1.40. The molecule has 2 aromatic rings. The minimum atomic E-state index is 0.492. The Kier molecular flexibility index (Phi) is 3.24. The first kappa shape index (κ1) is 13.0. The van der Waals surface area contributed by atoms with Gasteiger partial charge in [0.05, 0.1) is 6.54 Å². The molecular formula is C16H20N4O. The van der Waals surface area contributed by atoms with E-state index in [9.17, 15) is 0 Å². The predicted molar refractivity (Wildman–Crippen MR) is 79.5 cm³/mol. The summed E-state index contributed by atoms with van der Waals surface area (Å²) in [6, 6.07) is 9.94. The Morgan fingerprint density at radius 3 is 2.95 bits per heavy atom. The molecule has 2 aliphatic heterocycles. The Balaban J connectivity index is 1.43. The molecular weight excluding hydrogens is 264 g/mol. The molecule has 5 nitrogen and oxygen atoms in total. The van der Waals surface area contributed by atoms with E-state index in [-0.39, 0.29) is 0 Å². The lowest BCUT2D eigenvalue weighted by molar-refractivity contribution is 0.260. The van der Waals surface area contributed by atoms with Crippen LogP contribution in [0, 0.1) is 5.41 Å². The van der Waals surface area contributed by atoms with Gasteiger partial charge in [-0.25, -0.2) is 0 Å². The summed E-state index contributed by atoms with van der Waals surface area (Å²) in [5, 5.41) is 7.62. The summed E-state index contributed by atoms with van der Waals surface area (Å²) >= 11 is 0. The van der Waals surface area contributed by atoms with E-state index in [4.69, 9.17) is 4.52 Å². The van der Waals surface area contributed by atoms with Crippen LogP contribution in [0.3, 0.4) is 0 Å². The van der Waals surface area contributed by atoms with Gasteiger partial charge < -0.3 is 9.84 Å². The Morgan fingerprint density at radius 2 is 2.14 bits per heavy atom. The number of nitrogens with one attached hydrogen (secondary N) is 1. The highest BCUT2D eigenvalue weighted by molar-refractivity contribution is 5.51. The molecule has 2 aliphatic rings. The van der Waals surface area contributed by atoms with Gasteiger partial charge in [0.25, 0.3) is 5.89 Å². The average molecular weight is 284 g/mol. The maximum Gasteiger partial charge on any atom is 0.257 e. The Morgan fingerprint density at radius 1 is 1.24 bits per heavy atom. The van der Waals surface area contributed by atoms with Crippen molar-refractivity contribution < 1.29 is 4.52 Å². The van der Waals surface area contributed by atoms with Gasteiger partial charge in [0.1, 0.15) is 0 Å². The highest BCUT2D eigenvalue weighted by Gasteiger charge is 2.40. The summed E-state index contributed by atoms with van der Waals surface area (Å²) in [4.78, 5) is 6.97. The maximum absolute atomic E-state index is 5.38. The van der Waals surface area contributed by atoms with Gasteiger partial charge >= 0.3 is 0 Å². The lowest BCUT2D eigenvalue weighted by Crippen LogP contribution is -2.29. The number of benzene rings is 1. The number of nitrogens with zero attached hydrogens (tertiary/aromatic N) is 3. The highest BCUT2D eigenvalue weighted by atomic mass is 16.5. The van der Waals surface area contributed by atoms with E-state index in [1.54, 1.807) is 0 Å². The van der Waals surface area contributed by atoms with Crippen LogP contribution in [0.25, 0.3) is 11.5 Å². The lowest BCUT2D eigenvalue weighted by Gasteiger charge is -2.21. The number of hydrogen-bond donors (Lipinski definition) is 1. The first-order chi connectivity index (χ1) is 10.3. The molecule has 1 aromatic heterocycles. The van der Waals surface area contributed by atoms with Gasteiger partial charge in [0, 0.05) is 18.7 Å². The fourth-order valence-corrected chi connectivity index (χ4v) is 3.52. The van der Waals surface area contributed by atoms with Crippen molar-refractivity contribution >= 4 is 0 Å². The van der Waals surface area contributed by atoms with Gasteiger partial charge in [-0.05, 0) is 43.5 Å². The number of aromatic nitrogens is 2. The fourth-order valence-electron chi connectivity index (χ4n) is 3.52. The monoisotopic (exact) mass is 284 g/mol. The molecule has 0 amide bonds. The van der Waals surface area contributed by atoms with E-state index in [1.807, 2.05) is 30.3 Å². The molecule has 1 aromatic carbocycles. The highest BCUT2D eigenvalue weighted by Crippen LogP contribution is 2.36. The molecule has 3 heterocycles. The molecule has 110 valence electrons. The minimum absolute atomic E-state index is 0.492. The summed E-state index contributed by atoms with van der Waals surface area (Å²) in [6.45, 7) is 5.39. The molecule has 2 fully saturated rings. The molecule has 0 radical (unpaired) electrons. The number of likely N-dealkylation sites (tertiary alicyclic amines) is 1. The summed E-state index contributed by atoms with van der Waals surface area (Å²) in [7, 11) is 0. The number of hydrogen-bond acceptors (Lipinski definition) is 5. The van der Waals surface area contributed by atoms with Crippen LogP contribution >= 0.6 is 0 Å². The van der Waals surface area contributed by atoms with E-state index >= 15 is 0 Å². The van der Waals surface area contributed by atoms with Crippen LogP contribution in [0.4, 0.5) is 0 Å². The third-order valence-corrected chi connectivity index (χ3v) is 4.70. The predicted octanol–water partition coefficient (Wildman–Crippen LogP) is 1.92. The second kappa shape index (κ2) is 5.24. The Hall–Kier alpha value is -1.72. The van der Waals surface area contributed by atoms with E-state index in [2.05, 4.69) is 20.4 Å². The fraction of sp³-hybridized carbons (Fsp3) is 0.500. The second-order valence-electron chi connectivity index (χ2n) is 6.27. The van der Waals surface area contributed by atoms with Crippen LogP contribution in [0.1, 0.15) is 18.7 Å². The minimum Gasteiger partial charge on any atom is -0.334 e. The van der Waals surface area contributed by atoms with Gasteiger partial charge in [-0.1, -0.05) is 23.4 Å². The zero-order valence-electron chi connectivity index (χ0n) is 12.1. The molecule has 5 heteroatoms. The van der Waals surface area contributed by atoms with Crippen molar-refractivity contribution in [2.24, 2.45) is 5.41 Å². The van der Waals surface area contributed by atoms with Crippen molar-refractivity contribution in [1.82, 2.24) is 20.4 Å². The summed E-state index contributed by atoms with van der Waals surface area (Å²) < 4.78 is 5.38. The first-order valence-corrected chi connectivity index (χ1v) is 7.64. The van der Waals surface area contributed by atoms with E-state index in [0.717, 1.165) is 44.1 Å². The molecule has 0 aliphatic carbocycles. The van der Waals surface area contributed by atoms with Crippen molar-refractivity contribution in [1.29, 1.82) is 0 Å². The van der Waals surface area contributed by atoms with E-state index < -0.39 is 0 Å². The van der Waals surface area contributed by atoms with Crippen molar-refractivity contribution in [2.75, 3.05) is 26.2 Å². The molecule has 2 saturated heterocycles. The second-order valence-corrected chi connectivity index (χ2v) is 6.27. The SMILES string of the molecule is c1ccc(-c2nc(CN3CCC4(CCNC4)C3)no2)cc1. The standard InChI is InChI=1S/C16H20N4O/c1-2-4-13(5-3-1)15-18-14(19-21-15)10-20-9-7-16(12-20)6-8-17-11-16/h1-5,17H,6-12H2. The zero-order chi connectivity index (χ0) is 14.1. The van der Waals surface area contributed by atoms with Crippen molar-refractivity contribution in [2.45, 2.75) is 19.4 Å². The Labute approximate surface area is 124 Å². The largest absolute Gasteiger partial charge is 0.334 e. The summed E-state index contributed by atoms with van der Waals surface area (Å²) in [6.07, 6.45) is 2.58. The van der Waals surface area contributed by atoms with Crippen LogP contribution in [-0.4, -0.2) is 41.2 Å². The maximum atomic E-state index is 5.38. The van der Waals surface area contributed by atoms with E-state index in [0.29, 0.717) is 11.3 Å². The van der Waals surface area contributed by atoms with Crippen LogP contribution in [-0.2, 0) is 6.54 Å². The topological polar surface area (TPSA) is 54.2 Å². The van der Waals surface area contributed by atoms with Gasteiger partial charge in [-0.3, -0.25) is 4.90 Å². The normalized spacial score (nSPS) is 25.9. The molecule has 1 unspecified atom stereocenters. The summed E-state index contributed by atoms with van der Waals surface area (Å²) in [5.41, 5.74) is 1.47. The third-order valence-electron chi connectivity index (χ3n) is 4.70. The number of rotatable bonds is 3.